The summed E-state index contributed by atoms with van der Waals surface area (Å²) in [4.78, 5) is 16.2. The van der Waals surface area contributed by atoms with Gasteiger partial charge in [0.2, 0.25) is 5.60 Å². The number of methoxy groups -OCH3 is 1. The van der Waals surface area contributed by atoms with Crippen LogP contribution in [0.1, 0.15) is 22.6 Å². The van der Waals surface area contributed by atoms with Gasteiger partial charge in [-0.2, -0.15) is 17.9 Å². The highest BCUT2D eigenvalue weighted by Gasteiger charge is 2.57. The van der Waals surface area contributed by atoms with E-state index >= 15 is 0 Å². The summed E-state index contributed by atoms with van der Waals surface area (Å²) >= 11 is 6.19. The van der Waals surface area contributed by atoms with Crippen LogP contribution in [0.2, 0.25) is 5.02 Å². The summed E-state index contributed by atoms with van der Waals surface area (Å²) < 4.78 is 48.2. The first-order valence-corrected chi connectivity index (χ1v) is 9.12. The molecule has 3 rings (SSSR count). The van der Waals surface area contributed by atoms with E-state index in [-0.39, 0.29) is 16.3 Å². The number of alkyl halides is 3. The maximum absolute atomic E-state index is 13.6. The number of aromatic nitrogens is 6. The number of imidazole rings is 1. The molecule has 31 heavy (non-hydrogen) atoms. The molecule has 3 aromatic rings. The number of aryl methyl sites for hydroxylation is 1. The third-order valence-corrected chi connectivity index (χ3v) is 4.84. The minimum absolute atomic E-state index is 0.0168. The van der Waals surface area contributed by atoms with Crippen LogP contribution in [-0.4, -0.2) is 60.6 Å². The first kappa shape index (κ1) is 22.5. The van der Waals surface area contributed by atoms with Gasteiger partial charge in [0.05, 0.1) is 23.4 Å². The van der Waals surface area contributed by atoms with Crippen LogP contribution in [0.5, 0.6) is 5.75 Å². The second kappa shape index (κ2) is 8.51. The summed E-state index contributed by atoms with van der Waals surface area (Å²) in [6.07, 6.45) is -2.15. The first-order chi connectivity index (χ1) is 14.6. The van der Waals surface area contributed by atoms with Crippen molar-refractivity contribution in [1.82, 2.24) is 35.1 Å². The van der Waals surface area contributed by atoms with E-state index in [9.17, 15) is 23.1 Å². The molecule has 2 aromatic heterocycles. The van der Waals surface area contributed by atoms with Gasteiger partial charge in [-0.15, -0.1) is 5.10 Å². The average molecular weight is 460 g/mol. The zero-order valence-corrected chi connectivity index (χ0v) is 17.0. The normalized spacial score (nSPS) is 13.6. The molecule has 0 radical (unpaired) electrons. The molecular formula is C17H17ClF3N7O3. The van der Waals surface area contributed by atoms with Crippen LogP contribution >= 0.6 is 11.6 Å². The van der Waals surface area contributed by atoms with Crippen molar-refractivity contribution in [2.75, 3.05) is 13.7 Å². The molecule has 0 spiro atoms. The molecule has 14 heteroatoms. The van der Waals surface area contributed by atoms with Crippen molar-refractivity contribution >= 4 is 17.5 Å². The van der Waals surface area contributed by atoms with Crippen molar-refractivity contribution in [3.05, 3.63) is 47.3 Å². The monoisotopic (exact) mass is 459 g/mol. The lowest BCUT2D eigenvalue weighted by atomic mass is 9.97. The van der Waals surface area contributed by atoms with Gasteiger partial charge in [-0.1, -0.05) is 11.6 Å². The number of halogens is 4. The van der Waals surface area contributed by atoms with Gasteiger partial charge in [-0.05, 0) is 16.5 Å². The van der Waals surface area contributed by atoms with Gasteiger partial charge in [-0.25, -0.2) is 4.98 Å². The van der Waals surface area contributed by atoms with Crippen LogP contribution < -0.4 is 10.1 Å². The van der Waals surface area contributed by atoms with Gasteiger partial charge in [0.1, 0.15) is 17.9 Å². The van der Waals surface area contributed by atoms with Crippen LogP contribution in [0.25, 0.3) is 5.69 Å². The molecular weight excluding hydrogens is 443 g/mol. The molecule has 2 heterocycles. The SMILES string of the molecule is COc1cc(-n2cnnn2)c(Cl)cc1C(=O)NCCC(O)(c1nccn1C)C(F)(F)F. The zero-order chi connectivity index (χ0) is 22.8. The van der Waals surface area contributed by atoms with Crippen LogP contribution in [0.3, 0.4) is 0 Å². The van der Waals surface area contributed by atoms with E-state index in [1.807, 2.05) is 0 Å². The number of hydrogen-bond acceptors (Lipinski definition) is 7. The van der Waals surface area contributed by atoms with Gasteiger partial charge in [0.25, 0.3) is 5.91 Å². The predicted octanol–water partition coefficient (Wildman–Crippen LogP) is 1.63. The summed E-state index contributed by atoms with van der Waals surface area (Å²) in [5, 5.41) is 23.5. The summed E-state index contributed by atoms with van der Waals surface area (Å²) in [6.45, 7) is -0.503. The molecule has 0 saturated heterocycles. The fraction of sp³-hybridized carbons (Fsp3) is 0.353. The summed E-state index contributed by atoms with van der Waals surface area (Å²) in [5.41, 5.74) is -2.93. The molecule has 166 valence electrons. The van der Waals surface area contributed by atoms with Crippen molar-refractivity contribution in [2.45, 2.75) is 18.2 Å². The number of tetrazole rings is 1. The third kappa shape index (κ3) is 4.32. The Hall–Kier alpha value is -3.19. The number of carbonyl (C=O) groups excluding carboxylic acids is 1. The van der Waals surface area contributed by atoms with Crippen molar-refractivity contribution in [3.63, 3.8) is 0 Å². The van der Waals surface area contributed by atoms with Crippen molar-refractivity contribution < 1.29 is 27.8 Å². The molecule has 0 aliphatic rings. The molecule has 1 atom stereocenters. The second-order valence-corrected chi connectivity index (χ2v) is 6.89. The molecule has 1 amide bonds. The molecule has 10 nitrogen and oxygen atoms in total. The van der Waals surface area contributed by atoms with Crippen LogP contribution in [0.15, 0.2) is 30.9 Å². The van der Waals surface area contributed by atoms with Gasteiger partial charge in [0.15, 0.2) is 0 Å². The lowest BCUT2D eigenvalue weighted by Crippen LogP contribution is -2.46. The quantitative estimate of drug-likeness (QED) is 0.551. The standard InChI is InChI=1S/C17H17ClF3N7O3/c1-27-6-5-23-15(27)16(30,17(19,20)21)3-4-22-14(29)10-7-11(18)12(8-13(10)31-2)28-9-24-25-26-28/h5-9,30H,3-4H2,1-2H3,(H,22,29). The van der Waals surface area contributed by atoms with Crippen LogP contribution in [0.4, 0.5) is 13.2 Å². The number of benzene rings is 1. The minimum Gasteiger partial charge on any atom is -0.496 e. The van der Waals surface area contributed by atoms with Crippen molar-refractivity contribution in [2.24, 2.45) is 7.05 Å². The van der Waals surface area contributed by atoms with Crippen LogP contribution in [-0.2, 0) is 12.6 Å². The fourth-order valence-corrected chi connectivity index (χ4v) is 3.18. The Kier molecular flexibility index (Phi) is 6.18. The lowest BCUT2D eigenvalue weighted by Gasteiger charge is -2.30. The van der Waals surface area contributed by atoms with E-state index in [4.69, 9.17) is 16.3 Å². The Labute approximate surface area is 178 Å². The Bertz CT molecular complexity index is 1070. The second-order valence-electron chi connectivity index (χ2n) is 6.48. The van der Waals surface area contributed by atoms with Crippen molar-refractivity contribution in [1.29, 1.82) is 0 Å². The Balaban J connectivity index is 1.79. The maximum Gasteiger partial charge on any atom is 0.424 e. The zero-order valence-electron chi connectivity index (χ0n) is 16.3. The number of nitrogens with zero attached hydrogens (tertiary/aromatic N) is 6. The highest BCUT2D eigenvalue weighted by atomic mass is 35.5. The van der Waals surface area contributed by atoms with Crippen molar-refractivity contribution in [3.8, 4) is 11.4 Å². The summed E-state index contributed by atoms with van der Waals surface area (Å²) in [5.74, 6) is -1.23. The molecule has 1 unspecified atom stereocenters. The first-order valence-electron chi connectivity index (χ1n) is 8.74. The number of carbonyl (C=O) groups is 1. The number of nitrogens with one attached hydrogen (secondary N) is 1. The fourth-order valence-electron chi connectivity index (χ4n) is 2.93. The average Bonchev–Trinajstić information content (AvgIpc) is 3.38. The van der Waals surface area contributed by atoms with E-state index in [0.717, 1.165) is 10.8 Å². The van der Waals surface area contributed by atoms with E-state index in [0.29, 0.717) is 5.69 Å². The number of amides is 1. The number of aliphatic hydroxyl groups is 1. The van der Waals surface area contributed by atoms with Gasteiger partial charge in [0, 0.05) is 38.5 Å². The molecule has 0 saturated carbocycles. The van der Waals surface area contributed by atoms with Gasteiger partial charge < -0.3 is 19.7 Å². The largest absolute Gasteiger partial charge is 0.496 e. The Morgan fingerprint density at radius 1 is 1.35 bits per heavy atom. The summed E-state index contributed by atoms with van der Waals surface area (Å²) in [6, 6.07) is 2.69. The number of rotatable bonds is 7. The van der Waals surface area contributed by atoms with E-state index < -0.39 is 36.5 Å². The molecule has 0 aliphatic heterocycles. The molecule has 0 bridgehead atoms. The third-order valence-electron chi connectivity index (χ3n) is 4.54. The molecule has 0 fully saturated rings. The Morgan fingerprint density at radius 2 is 2.10 bits per heavy atom. The predicted molar refractivity (Wildman–Crippen MR) is 101 cm³/mol. The smallest absolute Gasteiger partial charge is 0.424 e. The molecule has 1 aromatic carbocycles. The van der Waals surface area contributed by atoms with Gasteiger partial charge >= 0.3 is 6.18 Å². The molecule has 0 aliphatic carbocycles. The Morgan fingerprint density at radius 3 is 2.65 bits per heavy atom. The van der Waals surface area contributed by atoms with E-state index in [1.165, 1.54) is 43.5 Å². The van der Waals surface area contributed by atoms with Gasteiger partial charge in [-0.3, -0.25) is 4.79 Å². The van der Waals surface area contributed by atoms with Crippen LogP contribution in [0, 0.1) is 0 Å². The van der Waals surface area contributed by atoms with E-state index in [2.05, 4.69) is 25.8 Å². The lowest BCUT2D eigenvalue weighted by molar-refractivity contribution is -0.272. The molecule has 2 N–H and O–H groups in total. The highest BCUT2D eigenvalue weighted by Crippen LogP contribution is 2.40. The van der Waals surface area contributed by atoms with E-state index in [1.54, 1.807) is 0 Å². The summed E-state index contributed by atoms with van der Waals surface area (Å²) in [7, 11) is 2.64. The topological polar surface area (TPSA) is 120 Å². The maximum atomic E-state index is 13.6. The number of hydrogen-bond donors (Lipinski definition) is 2. The highest BCUT2D eigenvalue weighted by molar-refractivity contribution is 6.33. The minimum atomic E-state index is -5.01. The number of ether oxygens (including phenoxy) is 1.